The van der Waals surface area contributed by atoms with Gasteiger partial charge in [-0.05, 0) is 20.8 Å². The van der Waals surface area contributed by atoms with Gasteiger partial charge in [0.15, 0.2) is 11.8 Å². The summed E-state index contributed by atoms with van der Waals surface area (Å²) in [6.45, 7) is 11.1. The van der Waals surface area contributed by atoms with Crippen molar-refractivity contribution >= 4 is 12.1 Å². The number of aromatic nitrogens is 2. The minimum atomic E-state index is -0.501. The highest BCUT2D eigenvalue weighted by Crippen LogP contribution is 2.09. The Morgan fingerprint density at radius 2 is 1.84 bits per heavy atom. The van der Waals surface area contributed by atoms with E-state index in [9.17, 15) is 4.79 Å². The van der Waals surface area contributed by atoms with E-state index in [4.69, 9.17) is 9.26 Å². The van der Waals surface area contributed by atoms with Gasteiger partial charge in [0.05, 0.1) is 0 Å². The van der Waals surface area contributed by atoms with Crippen LogP contribution in [0.2, 0.25) is 0 Å². The standard InChI is InChI=1S/C16H30N6O3/c1-11(2)13-21-12(25-22-13)7-8-18-14(17-6)19-9-10-20-15(23)24-16(3,4)5/h11H,7-10H2,1-6H3,(H,20,23)(H2,17,18,19). The van der Waals surface area contributed by atoms with E-state index in [1.807, 2.05) is 34.6 Å². The van der Waals surface area contributed by atoms with Gasteiger partial charge < -0.3 is 25.2 Å². The summed E-state index contributed by atoms with van der Waals surface area (Å²) >= 11 is 0. The summed E-state index contributed by atoms with van der Waals surface area (Å²) in [5.41, 5.74) is -0.501. The maximum atomic E-state index is 11.5. The van der Waals surface area contributed by atoms with Crippen molar-refractivity contribution in [2.75, 3.05) is 26.7 Å². The monoisotopic (exact) mass is 354 g/mol. The average Bonchev–Trinajstić information content (AvgIpc) is 2.97. The van der Waals surface area contributed by atoms with Gasteiger partial charge >= 0.3 is 6.09 Å². The number of ether oxygens (including phenoxy) is 1. The van der Waals surface area contributed by atoms with E-state index in [1.54, 1.807) is 7.05 Å². The molecule has 142 valence electrons. The molecule has 0 unspecified atom stereocenters. The maximum Gasteiger partial charge on any atom is 0.407 e. The van der Waals surface area contributed by atoms with Crippen molar-refractivity contribution in [2.45, 2.75) is 52.6 Å². The van der Waals surface area contributed by atoms with Crippen molar-refractivity contribution in [3.63, 3.8) is 0 Å². The molecular formula is C16H30N6O3. The van der Waals surface area contributed by atoms with E-state index in [-0.39, 0.29) is 5.92 Å². The van der Waals surface area contributed by atoms with Crippen LogP contribution in [0.5, 0.6) is 0 Å². The van der Waals surface area contributed by atoms with Crippen LogP contribution < -0.4 is 16.0 Å². The number of aliphatic imine (C=N–C) groups is 1. The van der Waals surface area contributed by atoms with Crippen LogP contribution >= 0.6 is 0 Å². The number of hydrogen-bond donors (Lipinski definition) is 3. The average molecular weight is 354 g/mol. The molecule has 0 radical (unpaired) electrons. The molecule has 1 heterocycles. The molecule has 0 atom stereocenters. The van der Waals surface area contributed by atoms with E-state index in [0.717, 1.165) is 0 Å². The number of guanidine groups is 1. The molecule has 0 aliphatic carbocycles. The molecule has 0 fully saturated rings. The summed E-state index contributed by atoms with van der Waals surface area (Å²) in [6, 6.07) is 0. The molecule has 25 heavy (non-hydrogen) atoms. The van der Waals surface area contributed by atoms with Gasteiger partial charge in [-0.1, -0.05) is 19.0 Å². The first-order valence-electron chi connectivity index (χ1n) is 8.45. The van der Waals surface area contributed by atoms with Crippen molar-refractivity contribution in [1.82, 2.24) is 26.1 Å². The van der Waals surface area contributed by atoms with Crippen molar-refractivity contribution < 1.29 is 14.1 Å². The quantitative estimate of drug-likeness (QED) is 0.385. The minimum absolute atomic E-state index is 0.248. The van der Waals surface area contributed by atoms with Gasteiger partial charge in [-0.15, -0.1) is 0 Å². The van der Waals surface area contributed by atoms with Gasteiger partial charge in [0.25, 0.3) is 0 Å². The summed E-state index contributed by atoms with van der Waals surface area (Å²) in [4.78, 5) is 20.0. The zero-order valence-electron chi connectivity index (χ0n) is 16.0. The molecule has 1 amide bonds. The fourth-order valence-electron chi connectivity index (χ4n) is 1.77. The number of nitrogens with one attached hydrogen (secondary N) is 3. The Hall–Kier alpha value is -2.32. The van der Waals surface area contributed by atoms with Crippen LogP contribution in [0.3, 0.4) is 0 Å². The highest BCUT2D eigenvalue weighted by Gasteiger charge is 2.15. The fourth-order valence-corrected chi connectivity index (χ4v) is 1.77. The molecule has 0 spiro atoms. The van der Waals surface area contributed by atoms with Gasteiger partial charge in [0.2, 0.25) is 5.89 Å². The zero-order chi connectivity index (χ0) is 18.9. The zero-order valence-corrected chi connectivity index (χ0v) is 16.0. The van der Waals surface area contributed by atoms with Crippen LogP contribution in [0.1, 0.15) is 52.3 Å². The second kappa shape index (κ2) is 9.85. The third-order valence-electron chi connectivity index (χ3n) is 2.94. The van der Waals surface area contributed by atoms with Gasteiger partial charge in [-0.3, -0.25) is 4.99 Å². The Bertz CT molecular complexity index is 562. The highest BCUT2D eigenvalue weighted by molar-refractivity contribution is 5.79. The lowest BCUT2D eigenvalue weighted by Gasteiger charge is -2.19. The second-order valence-corrected chi connectivity index (χ2v) is 6.81. The summed E-state index contributed by atoms with van der Waals surface area (Å²) in [5, 5.41) is 12.8. The number of nitrogens with zero attached hydrogens (tertiary/aromatic N) is 3. The smallest absolute Gasteiger partial charge is 0.407 e. The van der Waals surface area contributed by atoms with E-state index in [1.165, 1.54) is 0 Å². The molecule has 0 aliphatic heterocycles. The summed E-state index contributed by atoms with van der Waals surface area (Å²) in [5.74, 6) is 2.19. The van der Waals surface area contributed by atoms with Crippen molar-refractivity contribution in [3.05, 3.63) is 11.7 Å². The number of alkyl carbamates (subject to hydrolysis) is 1. The van der Waals surface area contributed by atoms with Crippen molar-refractivity contribution in [3.8, 4) is 0 Å². The van der Waals surface area contributed by atoms with E-state index < -0.39 is 11.7 Å². The molecule has 0 saturated carbocycles. The highest BCUT2D eigenvalue weighted by atomic mass is 16.6. The van der Waals surface area contributed by atoms with Gasteiger partial charge in [-0.2, -0.15) is 4.98 Å². The number of amides is 1. The molecule has 0 aromatic carbocycles. The van der Waals surface area contributed by atoms with Crippen LogP contribution in [0.25, 0.3) is 0 Å². The lowest BCUT2D eigenvalue weighted by molar-refractivity contribution is 0.0529. The lowest BCUT2D eigenvalue weighted by atomic mass is 10.2. The first-order valence-corrected chi connectivity index (χ1v) is 8.45. The Kier molecular flexibility index (Phi) is 8.17. The van der Waals surface area contributed by atoms with Crippen LogP contribution in [0.4, 0.5) is 4.79 Å². The van der Waals surface area contributed by atoms with Crippen LogP contribution in [-0.2, 0) is 11.2 Å². The Balaban J connectivity index is 2.21. The molecular weight excluding hydrogens is 324 g/mol. The number of carbonyl (C=O) groups is 1. The molecule has 3 N–H and O–H groups in total. The number of carbonyl (C=O) groups excluding carboxylic acids is 1. The van der Waals surface area contributed by atoms with E-state index in [2.05, 4.69) is 31.1 Å². The predicted molar refractivity (Wildman–Crippen MR) is 95.7 cm³/mol. The van der Waals surface area contributed by atoms with Crippen LogP contribution in [0, 0.1) is 0 Å². The predicted octanol–water partition coefficient (Wildman–Crippen LogP) is 1.43. The third-order valence-corrected chi connectivity index (χ3v) is 2.94. The van der Waals surface area contributed by atoms with E-state index in [0.29, 0.717) is 43.7 Å². The van der Waals surface area contributed by atoms with E-state index >= 15 is 0 Å². The fraction of sp³-hybridized carbons (Fsp3) is 0.750. The first kappa shape index (κ1) is 20.7. The Labute approximate surface area is 149 Å². The SMILES string of the molecule is CN=C(NCCNC(=O)OC(C)(C)C)NCCc1nc(C(C)C)no1. The maximum absolute atomic E-state index is 11.5. The molecule has 0 aliphatic rings. The lowest BCUT2D eigenvalue weighted by Crippen LogP contribution is -2.43. The minimum Gasteiger partial charge on any atom is -0.444 e. The van der Waals surface area contributed by atoms with Gasteiger partial charge in [-0.25, -0.2) is 4.79 Å². The molecule has 0 bridgehead atoms. The second-order valence-electron chi connectivity index (χ2n) is 6.81. The van der Waals surface area contributed by atoms with Gasteiger partial charge in [0.1, 0.15) is 5.60 Å². The molecule has 9 nitrogen and oxygen atoms in total. The molecule has 0 saturated heterocycles. The topological polar surface area (TPSA) is 114 Å². The van der Waals surface area contributed by atoms with Crippen LogP contribution in [-0.4, -0.2) is 54.5 Å². The Morgan fingerprint density at radius 3 is 2.40 bits per heavy atom. The normalized spacial score (nSPS) is 12.2. The summed E-state index contributed by atoms with van der Waals surface area (Å²) < 4.78 is 10.3. The first-order chi connectivity index (χ1) is 11.7. The number of hydrogen-bond acceptors (Lipinski definition) is 6. The third kappa shape index (κ3) is 8.92. The largest absolute Gasteiger partial charge is 0.444 e. The molecule has 1 aromatic rings. The van der Waals surface area contributed by atoms with Crippen molar-refractivity contribution in [2.24, 2.45) is 4.99 Å². The van der Waals surface area contributed by atoms with Gasteiger partial charge in [0, 0.05) is 39.0 Å². The molecule has 1 rings (SSSR count). The Morgan fingerprint density at radius 1 is 1.20 bits per heavy atom. The molecule has 1 aromatic heterocycles. The summed E-state index contributed by atoms with van der Waals surface area (Å²) in [6.07, 6.45) is 0.172. The summed E-state index contributed by atoms with van der Waals surface area (Å²) in [7, 11) is 1.68. The number of rotatable bonds is 7. The van der Waals surface area contributed by atoms with Crippen molar-refractivity contribution in [1.29, 1.82) is 0 Å². The molecule has 9 heteroatoms. The van der Waals surface area contributed by atoms with Crippen LogP contribution in [0.15, 0.2) is 9.52 Å².